The summed E-state index contributed by atoms with van der Waals surface area (Å²) in [4.78, 5) is 17.5. The normalized spacial score (nSPS) is 34.8. The molecule has 138 valence electrons. The average molecular weight is 335 g/mol. The number of hydrogen-bond acceptors (Lipinski definition) is 2. The fourth-order valence-electron chi connectivity index (χ4n) is 5.34. The molecule has 3 nitrogen and oxygen atoms in total. The summed E-state index contributed by atoms with van der Waals surface area (Å²) < 4.78 is 0. The quantitative estimate of drug-likeness (QED) is 0.770. The Kier molecular flexibility index (Phi) is 5.03. The van der Waals surface area contributed by atoms with Crippen molar-refractivity contribution < 1.29 is 4.79 Å². The van der Waals surface area contributed by atoms with Crippen molar-refractivity contribution in [2.45, 2.75) is 78.2 Å². The van der Waals surface area contributed by atoms with Gasteiger partial charge >= 0.3 is 0 Å². The van der Waals surface area contributed by atoms with Gasteiger partial charge < -0.3 is 9.80 Å². The van der Waals surface area contributed by atoms with Crippen molar-refractivity contribution in [3.8, 4) is 0 Å². The number of carbonyl (C=O) groups is 1. The van der Waals surface area contributed by atoms with E-state index in [4.69, 9.17) is 0 Å². The van der Waals surface area contributed by atoms with Gasteiger partial charge in [-0.25, -0.2) is 0 Å². The second-order valence-corrected chi connectivity index (χ2v) is 9.76. The number of nitrogens with zero attached hydrogens (tertiary/aromatic N) is 2. The Morgan fingerprint density at radius 2 is 1.71 bits per heavy atom. The van der Waals surface area contributed by atoms with Crippen molar-refractivity contribution in [1.29, 1.82) is 0 Å². The maximum Gasteiger partial charge on any atom is 0.226 e. The molecule has 1 spiro atoms. The molecule has 1 aliphatic heterocycles. The van der Waals surface area contributed by atoms with Crippen molar-refractivity contribution in [2.75, 3.05) is 27.2 Å². The maximum atomic E-state index is 13.0. The summed E-state index contributed by atoms with van der Waals surface area (Å²) in [6, 6.07) is 0.661. The second-order valence-electron chi connectivity index (χ2n) is 9.76. The predicted molar refractivity (Wildman–Crippen MR) is 99.9 cm³/mol. The van der Waals surface area contributed by atoms with Crippen LogP contribution in [0.4, 0.5) is 0 Å². The van der Waals surface area contributed by atoms with E-state index in [1.165, 1.54) is 38.5 Å². The van der Waals surface area contributed by atoms with Crippen LogP contribution in [0.3, 0.4) is 0 Å². The van der Waals surface area contributed by atoms with Gasteiger partial charge in [0.1, 0.15) is 0 Å². The van der Waals surface area contributed by atoms with E-state index in [-0.39, 0.29) is 0 Å². The molecule has 1 atom stereocenters. The van der Waals surface area contributed by atoms with E-state index >= 15 is 0 Å². The molecule has 2 aliphatic carbocycles. The van der Waals surface area contributed by atoms with E-state index in [9.17, 15) is 4.79 Å². The molecule has 0 aromatic heterocycles. The Morgan fingerprint density at radius 1 is 1.12 bits per heavy atom. The molecular weight excluding hydrogens is 296 g/mol. The van der Waals surface area contributed by atoms with E-state index < -0.39 is 0 Å². The lowest BCUT2D eigenvalue weighted by atomic mass is 9.66. The summed E-state index contributed by atoms with van der Waals surface area (Å²) in [5, 5.41) is 0. The molecule has 1 unspecified atom stereocenters. The number of rotatable bonds is 4. The third kappa shape index (κ3) is 3.38. The molecule has 3 heteroatoms. The summed E-state index contributed by atoms with van der Waals surface area (Å²) >= 11 is 0. The maximum absolute atomic E-state index is 13.0. The number of amides is 1. The molecule has 1 amide bonds. The summed E-state index contributed by atoms with van der Waals surface area (Å²) in [7, 11) is 4.32. The number of hydrogen-bond donors (Lipinski definition) is 0. The van der Waals surface area contributed by atoms with E-state index in [2.05, 4.69) is 44.7 Å². The van der Waals surface area contributed by atoms with Gasteiger partial charge in [-0.05, 0) is 75.8 Å². The van der Waals surface area contributed by atoms with Crippen LogP contribution in [-0.4, -0.2) is 48.9 Å². The zero-order valence-corrected chi connectivity index (χ0v) is 16.6. The van der Waals surface area contributed by atoms with Gasteiger partial charge in [-0.1, -0.05) is 27.2 Å². The van der Waals surface area contributed by atoms with E-state index in [1.54, 1.807) is 0 Å². The van der Waals surface area contributed by atoms with Gasteiger partial charge in [0.2, 0.25) is 5.91 Å². The standard InChI is InChI=1S/C21H38N2O/c1-6-20(2,3)16-7-11-21(12-8-16)15-18(21)19(24)23-13-9-17(10-14-23)22(4)5/h16-18H,6-15H2,1-5H3. The van der Waals surface area contributed by atoms with Crippen LogP contribution in [0.25, 0.3) is 0 Å². The third-order valence-corrected chi connectivity index (χ3v) is 7.99. The molecular formula is C21H38N2O. The molecule has 0 aromatic rings. The first kappa shape index (κ1) is 18.2. The van der Waals surface area contributed by atoms with Gasteiger partial charge in [0.05, 0.1) is 0 Å². The van der Waals surface area contributed by atoms with Crippen LogP contribution >= 0.6 is 0 Å². The third-order valence-electron chi connectivity index (χ3n) is 7.99. The lowest BCUT2D eigenvalue weighted by Gasteiger charge is -2.40. The highest BCUT2D eigenvalue weighted by Gasteiger charge is 2.60. The first-order valence-corrected chi connectivity index (χ1v) is 10.2. The second kappa shape index (κ2) is 6.63. The fourth-order valence-corrected chi connectivity index (χ4v) is 5.34. The highest BCUT2D eigenvalue weighted by atomic mass is 16.2. The number of piperidine rings is 1. The molecule has 0 N–H and O–H groups in total. The van der Waals surface area contributed by atoms with Crippen LogP contribution in [0.2, 0.25) is 0 Å². The van der Waals surface area contributed by atoms with Crippen molar-refractivity contribution in [3.05, 3.63) is 0 Å². The molecule has 3 rings (SSSR count). The first-order chi connectivity index (χ1) is 11.3. The molecule has 2 saturated carbocycles. The summed E-state index contributed by atoms with van der Waals surface area (Å²) in [6.45, 7) is 9.13. The first-order valence-electron chi connectivity index (χ1n) is 10.2. The van der Waals surface area contributed by atoms with E-state index in [0.29, 0.717) is 28.7 Å². The van der Waals surface area contributed by atoms with Crippen LogP contribution in [0.1, 0.15) is 72.1 Å². The lowest BCUT2D eigenvalue weighted by Crippen LogP contribution is -2.45. The number of carbonyl (C=O) groups excluding carboxylic acids is 1. The van der Waals surface area contributed by atoms with Crippen LogP contribution in [0.15, 0.2) is 0 Å². The Morgan fingerprint density at radius 3 is 2.21 bits per heavy atom. The molecule has 0 radical (unpaired) electrons. The average Bonchev–Trinajstić information content (AvgIpc) is 3.28. The van der Waals surface area contributed by atoms with Gasteiger partial charge in [-0.2, -0.15) is 0 Å². The summed E-state index contributed by atoms with van der Waals surface area (Å²) in [6.07, 6.45) is 10.0. The van der Waals surface area contributed by atoms with Gasteiger partial charge in [0.15, 0.2) is 0 Å². The molecule has 0 bridgehead atoms. The zero-order valence-electron chi connectivity index (χ0n) is 16.6. The monoisotopic (exact) mass is 334 g/mol. The Hall–Kier alpha value is -0.570. The smallest absolute Gasteiger partial charge is 0.226 e. The van der Waals surface area contributed by atoms with Crippen LogP contribution in [0, 0.1) is 22.7 Å². The van der Waals surface area contributed by atoms with E-state index in [1.807, 2.05) is 0 Å². The molecule has 0 aromatic carbocycles. The van der Waals surface area contributed by atoms with Crippen molar-refractivity contribution in [1.82, 2.24) is 9.80 Å². The fraction of sp³-hybridized carbons (Fsp3) is 0.952. The van der Waals surface area contributed by atoms with Gasteiger partial charge in [-0.3, -0.25) is 4.79 Å². The zero-order chi connectivity index (χ0) is 17.5. The predicted octanol–water partition coefficient (Wildman–Crippen LogP) is 4.17. The highest BCUT2D eigenvalue weighted by Crippen LogP contribution is 2.64. The van der Waals surface area contributed by atoms with Crippen LogP contribution in [-0.2, 0) is 4.79 Å². The summed E-state index contributed by atoms with van der Waals surface area (Å²) in [5.74, 6) is 1.71. The Labute approximate surface area is 149 Å². The van der Waals surface area contributed by atoms with Crippen molar-refractivity contribution in [2.24, 2.45) is 22.7 Å². The topological polar surface area (TPSA) is 23.6 Å². The minimum absolute atomic E-state index is 0.360. The summed E-state index contributed by atoms with van der Waals surface area (Å²) in [5.41, 5.74) is 0.875. The van der Waals surface area contributed by atoms with Gasteiger partial charge in [-0.15, -0.1) is 0 Å². The van der Waals surface area contributed by atoms with Gasteiger partial charge in [0.25, 0.3) is 0 Å². The minimum atomic E-state index is 0.360. The van der Waals surface area contributed by atoms with Gasteiger partial charge in [0, 0.05) is 25.0 Å². The Balaban J connectivity index is 1.50. The van der Waals surface area contributed by atoms with Crippen LogP contribution in [0.5, 0.6) is 0 Å². The number of likely N-dealkylation sites (tertiary alicyclic amines) is 1. The van der Waals surface area contributed by atoms with E-state index in [0.717, 1.165) is 31.8 Å². The molecule has 3 aliphatic rings. The molecule has 3 fully saturated rings. The highest BCUT2D eigenvalue weighted by molar-refractivity contribution is 5.82. The lowest BCUT2D eigenvalue weighted by molar-refractivity contribution is -0.135. The molecule has 1 saturated heterocycles. The van der Waals surface area contributed by atoms with Crippen LogP contribution < -0.4 is 0 Å². The largest absolute Gasteiger partial charge is 0.342 e. The SMILES string of the molecule is CCC(C)(C)C1CCC2(CC1)CC2C(=O)N1CCC(N(C)C)CC1. The molecule has 1 heterocycles. The van der Waals surface area contributed by atoms with Crippen molar-refractivity contribution in [3.63, 3.8) is 0 Å². The molecule has 24 heavy (non-hydrogen) atoms. The minimum Gasteiger partial charge on any atom is -0.342 e. The van der Waals surface area contributed by atoms with Crippen molar-refractivity contribution >= 4 is 5.91 Å². The Bertz CT molecular complexity index is 454.